The van der Waals surface area contributed by atoms with E-state index in [9.17, 15) is 0 Å². The number of rotatable bonds is 5. The van der Waals surface area contributed by atoms with Gasteiger partial charge >= 0.3 is 5.84 Å². The molecule has 0 unspecified atom stereocenters. The molecule has 0 bridgehead atoms. The molecule has 0 atom stereocenters. The molecule has 1 heterocycles. The monoisotopic (exact) mass is 356 g/mol. The van der Waals surface area contributed by atoms with Crippen LogP contribution >= 0.6 is 0 Å². The highest BCUT2D eigenvalue weighted by Crippen LogP contribution is 2.30. The molecular weight excluding hydrogens is 336 g/mol. The van der Waals surface area contributed by atoms with Gasteiger partial charge in [0.2, 0.25) is 5.70 Å². The zero-order valence-electron chi connectivity index (χ0n) is 15.3. The molecule has 1 aliphatic rings. The lowest BCUT2D eigenvalue weighted by atomic mass is 10.1. The molecule has 1 radical (unpaired) electrons. The van der Waals surface area contributed by atoms with E-state index in [0.29, 0.717) is 5.75 Å². The summed E-state index contributed by atoms with van der Waals surface area (Å²) in [6.45, 7) is 0. The summed E-state index contributed by atoms with van der Waals surface area (Å²) in [6.07, 6.45) is 0. The molecule has 1 N–H and O–H groups in total. The molecule has 1 aliphatic heterocycles. The summed E-state index contributed by atoms with van der Waals surface area (Å²) >= 11 is 0. The van der Waals surface area contributed by atoms with Gasteiger partial charge < -0.3 is 9.47 Å². The van der Waals surface area contributed by atoms with Crippen LogP contribution in [0.15, 0.2) is 78.9 Å². The summed E-state index contributed by atoms with van der Waals surface area (Å²) < 4.78 is 10.9. The molecule has 0 saturated heterocycles. The number of amidine groups is 1. The summed E-state index contributed by atoms with van der Waals surface area (Å²) in [5.74, 6) is 2.21. The molecule has 133 valence electrons. The summed E-state index contributed by atoms with van der Waals surface area (Å²) in [6, 6.07) is 26.1. The molecule has 0 saturated carbocycles. The number of nitrogens with zero attached hydrogens (tertiary/aromatic N) is 1. The number of methoxy groups -OCH3 is 2. The highest BCUT2D eigenvalue weighted by molar-refractivity contribution is 6.14. The van der Waals surface area contributed by atoms with Crippen molar-refractivity contribution in [3.8, 4) is 11.5 Å². The van der Waals surface area contributed by atoms with Gasteiger partial charge in [-0.15, -0.1) is 0 Å². The Labute approximate surface area is 158 Å². The first-order chi connectivity index (χ1) is 13.3. The minimum Gasteiger partial charge on any atom is -0.497 e. The molecule has 0 amide bonds. The van der Waals surface area contributed by atoms with Crippen molar-refractivity contribution in [3.05, 3.63) is 95.6 Å². The molecule has 4 heteroatoms. The first-order valence-electron chi connectivity index (χ1n) is 8.73. The molecule has 3 aromatic rings. The number of aliphatic imine (C=N–C) groups is 1. The van der Waals surface area contributed by atoms with E-state index in [2.05, 4.69) is 29.6 Å². The summed E-state index contributed by atoms with van der Waals surface area (Å²) in [5.41, 5.74) is 4.93. The fraction of sp³-hybridized carbons (Fsp3) is 0.0870. The van der Waals surface area contributed by atoms with Gasteiger partial charge in [-0.25, -0.2) is 5.32 Å². The van der Waals surface area contributed by atoms with Crippen LogP contribution in [0.25, 0.3) is 11.4 Å². The quantitative estimate of drug-likeness (QED) is 0.754. The van der Waals surface area contributed by atoms with E-state index in [1.165, 1.54) is 0 Å². The highest BCUT2D eigenvalue weighted by atomic mass is 16.5. The Kier molecular flexibility index (Phi) is 4.62. The van der Waals surface area contributed by atoms with Crippen LogP contribution in [0.4, 0.5) is 0 Å². The largest absolute Gasteiger partial charge is 0.497 e. The van der Waals surface area contributed by atoms with Crippen LogP contribution in [0.1, 0.15) is 16.7 Å². The summed E-state index contributed by atoms with van der Waals surface area (Å²) in [7, 11) is 3.29. The Morgan fingerprint density at radius 1 is 0.741 bits per heavy atom. The Balaban J connectivity index is 1.81. The fourth-order valence-corrected chi connectivity index (χ4v) is 3.11. The van der Waals surface area contributed by atoms with Crippen LogP contribution in [-0.4, -0.2) is 20.1 Å². The molecule has 4 nitrogen and oxygen atoms in total. The van der Waals surface area contributed by atoms with E-state index in [0.717, 1.165) is 39.7 Å². The van der Waals surface area contributed by atoms with Crippen molar-refractivity contribution in [2.45, 2.75) is 0 Å². The smallest absolute Gasteiger partial charge is 0.333 e. The lowest BCUT2D eigenvalue weighted by molar-refractivity contribution is 0.393. The van der Waals surface area contributed by atoms with Crippen LogP contribution in [-0.2, 0) is 0 Å². The number of ether oxygens (including phenoxy) is 2. The second-order valence-corrected chi connectivity index (χ2v) is 6.11. The van der Waals surface area contributed by atoms with Gasteiger partial charge in [0, 0.05) is 17.2 Å². The third-order valence-corrected chi connectivity index (χ3v) is 4.48. The van der Waals surface area contributed by atoms with Crippen LogP contribution in [0.2, 0.25) is 0 Å². The van der Waals surface area contributed by atoms with E-state index in [1.807, 2.05) is 54.6 Å². The molecular formula is C23H20N2O2+. The van der Waals surface area contributed by atoms with Crippen molar-refractivity contribution in [1.29, 1.82) is 0 Å². The van der Waals surface area contributed by atoms with Gasteiger partial charge in [-0.2, -0.15) is 0 Å². The Morgan fingerprint density at radius 3 is 2.04 bits per heavy atom. The first-order valence-corrected chi connectivity index (χ1v) is 8.73. The van der Waals surface area contributed by atoms with Crippen molar-refractivity contribution in [2.24, 2.45) is 0 Å². The minimum atomic E-state index is 0.710. The van der Waals surface area contributed by atoms with Gasteiger partial charge in [-0.1, -0.05) is 60.7 Å². The predicted octanol–water partition coefficient (Wildman–Crippen LogP) is 3.92. The fourth-order valence-electron chi connectivity index (χ4n) is 3.11. The third-order valence-electron chi connectivity index (χ3n) is 4.48. The highest BCUT2D eigenvalue weighted by Gasteiger charge is 2.33. The zero-order chi connectivity index (χ0) is 18.6. The average Bonchev–Trinajstić information content (AvgIpc) is 3.19. The normalized spacial score (nSPS) is 13.2. The summed E-state index contributed by atoms with van der Waals surface area (Å²) in [5, 5.41) is 3.49. The van der Waals surface area contributed by atoms with Gasteiger partial charge in [0.1, 0.15) is 17.1 Å². The van der Waals surface area contributed by atoms with Gasteiger partial charge in [0.15, 0.2) is 5.70 Å². The number of hydrogen-bond donors (Lipinski definition) is 1. The van der Waals surface area contributed by atoms with Crippen molar-refractivity contribution in [2.75, 3.05) is 14.2 Å². The minimum absolute atomic E-state index is 0.710. The number of benzene rings is 3. The standard InChI is InChI=1S/C23H20N2O2/c1-26-18-13-14-19(20(15-18)27-2)23-24-21(16-9-5-3-6-10-16)22(25-23)17-11-7-4-8-12-17/h3-15,24H,1-2H3/q+1. The van der Waals surface area contributed by atoms with E-state index in [4.69, 9.17) is 14.5 Å². The van der Waals surface area contributed by atoms with Gasteiger partial charge in [-0.3, -0.25) is 0 Å². The maximum Gasteiger partial charge on any atom is 0.333 e. The second kappa shape index (κ2) is 7.38. The van der Waals surface area contributed by atoms with Crippen molar-refractivity contribution in [3.63, 3.8) is 0 Å². The maximum absolute atomic E-state index is 5.56. The van der Waals surface area contributed by atoms with Crippen LogP contribution in [0.5, 0.6) is 11.5 Å². The topological polar surface area (TPSA) is 44.6 Å². The third kappa shape index (κ3) is 3.29. The van der Waals surface area contributed by atoms with E-state index < -0.39 is 0 Å². The van der Waals surface area contributed by atoms with Crippen LogP contribution in [0, 0.1) is 0 Å². The average molecular weight is 356 g/mol. The first kappa shape index (κ1) is 16.9. The van der Waals surface area contributed by atoms with Crippen LogP contribution < -0.4 is 19.8 Å². The maximum atomic E-state index is 5.56. The van der Waals surface area contributed by atoms with Gasteiger partial charge in [-0.05, 0) is 17.1 Å². The lowest BCUT2D eigenvalue weighted by Crippen LogP contribution is -2.21. The Bertz CT molecular complexity index is 1010. The number of hydrogen-bond acceptors (Lipinski definition) is 4. The molecule has 0 aliphatic carbocycles. The molecule has 0 spiro atoms. The van der Waals surface area contributed by atoms with E-state index in [1.54, 1.807) is 14.2 Å². The van der Waals surface area contributed by atoms with Gasteiger partial charge in [0.05, 0.1) is 14.2 Å². The van der Waals surface area contributed by atoms with Crippen LogP contribution in [0.3, 0.4) is 0 Å². The molecule has 4 rings (SSSR count). The molecule has 27 heavy (non-hydrogen) atoms. The van der Waals surface area contributed by atoms with E-state index in [-0.39, 0.29) is 0 Å². The predicted molar refractivity (Wildman–Crippen MR) is 109 cm³/mol. The second-order valence-electron chi connectivity index (χ2n) is 6.11. The molecule has 3 aromatic carbocycles. The van der Waals surface area contributed by atoms with Crippen molar-refractivity contribution >= 4 is 17.2 Å². The molecule has 0 fully saturated rings. The van der Waals surface area contributed by atoms with Gasteiger partial charge in [0.25, 0.3) is 0 Å². The summed E-state index contributed by atoms with van der Waals surface area (Å²) in [4.78, 5) is 4.91. The Hall–Kier alpha value is -3.53. The van der Waals surface area contributed by atoms with Crippen molar-refractivity contribution < 1.29 is 9.47 Å². The molecule has 0 aromatic heterocycles. The number of nitrogens with one attached hydrogen (secondary N) is 1. The van der Waals surface area contributed by atoms with E-state index >= 15 is 0 Å². The van der Waals surface area contributed by atoms with Crippen molar-refractivity contribution in [1.82, 2.24) is 10.3 Å². The lowest BCUT2D eigenvalue weighted by Gasteiger charge is -2.07. The Morgan fingerprint density at radius 2 is 1.41 bits per heavy atom. The zero-order valence-corrected chi connectivity index (χ0v) is 15.3. The SMILES string of the molecule is COc1ccc(C2=[N+]C(c3ccccc3)=C(c3ccccc3)N2)c(OC)c1.